The number of aryl methyl sites for hydroxylation is 1. The van der Waals surface area contributed by atoms with Crippen LogP contribution in [0.5, 0.6) is 0 Å². The SMILES string of the molecule is Cc1cc(Br)ccc1NS(=O)(=O)c1ccnc(N)c1. The standard InChI is InChI=1S/C12H12BrN3O2S/c1-8-6-9(13)2-3-11(8)16-19(17,18)10-4-5-15-12(14)7-10/h2-7,16H,1H3,(H2,14,15). The summed E-state index contributed by atoms with van der Waals surface area (Å²) in [6, 6.07) is 8.01. The first-order chi connectivity index (χ1) is 8.88. The van der Waals surface area contributed by atoms with E-state index < -0.39 is 10.0 Å². The van der Waals surface area contributed by atoms with Gasteiger partial charge in [-0.05, 0) is 36.8 Å². The molecule has 5 nitrogen and oxygen atoms in total. The van der Waals surface area contributed by atoms with Crippen LogP contribution in [0.25, 0.3) is 0 Å². The number of nitrogens with two attached hydrogens (primary N) is 1. The molecule has 0 spiro atoms. The average molecular weight is 342 g/mol. The van der Waals surface area contributed by atoms with Crippen molar-refractivity contribution in [2.24, 2.45) is 0 Å². The molecule has 0 aliphatic heterocycles. The van der Waals surface area contributed by atoms with Crippen LogP contribution in [0, 0.1) is 6.92 Å². The Bertz CT molecular complexity index is 717. The minimum absolute atomic E-state index is 0.0855. The van der Waals surface area contributed by atoms with E-state index in [1.807, 2.05) is 13.0 Å². The van der Waals surface area contributed by atoms with E-state index in [-0.39, 0.29) is 10.7 Å². The quantitative estimate of drug-likeness (QED) is 0.898. The van der Waals surface area contributed by atoms with E-state index in [0.29, 0.717) is 5.69 Å². The Morgan fingerprint density at radius 2 is 2.00 bits per heavy atom. The van der Waals surface area contributed by atoms with Gasteiger partial charge in [0.05, 0.1) is 10.6 Å². The number of hydrogen-bond donors (Lipinski definition) is 2. The minimum Gasteiger partial charge on any atom is -0.384 e. The van der Waals surface area contributed by atoms with E-state index in [0.717, 1.165) is 10.0 Å². The molecular weight excluding hydrogens is 330 g/mol. The molecule has 2 aromatic rings. The first-order valence-corrected chi connectivity index (χ1v) is 7.66. The fourth-order valence-corrected chi connectivity index (χ4v) is 3.17. The van der Waals surface area contributed by atoms with Crippen molar-refractivity contribution in [3.05, 3.63) is 46.6 Å². The Kier molecular flexibility index (Phi) is 3.77. The molecule has 0 radical (unpaired) electrons. The average Bonchev–Trinajstić information content (AvgIpc) is 2.33. The summed E-state index contributed by atoms with van der Waals surface area (Å²) in [6.07, 6.45) is 1.36. The van der Waals surface area contributed by atoms with Crippen LogP contribution >= 0.6 is 15.9 Å². The van der Waals surface area contributed by atoms with Crippen LogP contribution in [0.3, 0.4) is 0 Å². The zero-order valence-electron chi connectivity index (χ0n) is 10.1. The van der Waals surface area contributed by atoms with E-state index in [1.54, 1.807) is 12.1 Å². The van der Waals surface area contributed by atoms with Crippen LogP contribution in [-0.2, 0) is 10.0 Å². The highest BCUT2D eigenvalue weighted by Crippen LogP contribution is 2.23. The molecule has 19 heavy (non-hydrogen) atoms. The summed E-state index contributed by atoms with van der Waals surface area (Å²) >= 11 is 3.33. The number of nitrogens with zero attached hydrogens (tertiary/aromatic N) is 1. The van der Waals surface area contributed by atoms with E-state index >= 15 is 0 Å². The number of hydrogen-bond acceptors (Lipinski definition) is 4. The maximum atomic E-state index is 12.2. The third-order valence-electron chi connectivity index (χ3n) is 2.50. The summed E-state index contributed by atoms with van der Waals surface area (Å²) in [5, 5.41) is 0. The van der Waals surface area contributed by atoms with Gasteiger partial charge in [0.2, 0.25) is 0 Å². The van der Waals surface area contributed by atoms with Gasteiger partial charge in [-0.15, -0.1) is 0 Å². The third kappa shape index (κ3) is 3.24. The molecule has 0 fully saturated rings. The lowest BCUT2D eigenvalue weighted by Crippen LogP contribution is -2.14. The molecule has 1 aromatic carbocycles. The van der Waals surface area contributed by atoms with Crippen molar-refractivity contribution in [2.75, 3.05) is 10.5 Å². The van der Waals surface area contributed by atoms with Crippen LogP contribution in [0.4, 0.5) is 11.5 Å². The Morgan fingerprint density at radius 3 is 2.63 bits per heavy atom. The van der Waals surface area contributed by atoms with Crippen molar-refractivity contribution < 1.29 is 8.42 Å². The second-order valence-electron chi connectivity index (χ2n) is 3.98. The summed E-state index contributed by atoms with van der Waals surface area (Å²) in [6.45, 7) is 1.82. The van der Waals surface area contributed by atoms with Crippen LogP contribution < -0.4 is 10.5 Å². The molecule has 2 rings (SSSR count). The molecule has 0 bridgehead atoms. The molecule has 0 aliphatic carbocycles. The molecule has 1 aromatic heterocycles. The molecule has 7 heteroatoms. The zero-order valence-corrected chi connectivity index (χ0v) is 12.5. The van der Waals surface area contributed by atoms with Gasteiger partial charge in [-0.2, -0.15) is 0 Å². The van der Waals surface area contributed by atoms with Crippen molar-refractivity contribution in [1.82, 2.24) is 4.98 Å². The lowest BCUT2D eigenvalue weighted by atomic mass is 10.2. The molecule has 1 heterocycles. The number of benzene rings is 1. The van der Waals surface area contributed by atoms with Crippen molar-refractivity contribution in [1.29, 1.82) is 0 Å². The Balaban J connectivity index is 2.36. The largest absolute Gasteiger partial charge is 0.384 e. The number of sulfonamides is 1. The predicted octanol–water partition coefficient (Wildman–Crippen LogP) is 2.54. The molecule has 0 unspecified atom stereocenters. The summed E-state index contributed by atoms with van der Waals surface area (Å²) in [5.74, 6) is 0.162. The van der Waals surface area contributed by atoms with Gasteiger partial charge in [0, 0.05) is 16.7 Å². The van der Waals surface area contributed by atoms with Gasteiger partial charge in [-0.25, -0.2) is 13.4 Å². The van der Waals surface area contributed by atoms with Crippen LogP contribution in [0.2, 0.25) is 0 Å². The fraction of sp³-hybridized carbons (Fsp3) is 0.0833. The number of nitrogens with one attached hydrogen (secondary N) is 1. The van der Waals surface area contributed by atoms with Gasteiger partial charge in [-0.3, -0.25) is 4.72 Å². The van der Waals surface area contributed by atoms with E-state index in [1.165, 1.54) is 18.3 Å². The molecule has 0 aliphatic rings. The van der Waals surface area contributed by atoms with Crippen molar-refractivity contribution in [3.63, 3.8) is 0 Å². The summed E-state index contributed by atoms with van der Waals surface area (Å²) in [4.78, 5) is 3.85. The highest BCUT2D eigenvalue weighted by Gasteiger charge is 2.15. The van der Waals surface area contributed by atoms with Gasteiger partial charge in [0.15, 0.2) is 0 Å². The number of aromatic nitrogens is 1. The van der Waals surface area contributed by atoms with Crippen molar-refractivity contribution in [2.45, 2.75) is 11.8 Å². The van der Waals surface area contributed by atoms with Gasteiger partial charge < -0.3 is 5.73 Å². The monoisotopic (exact) mass is 341 g/mol. The van der Waals surface area contributed by atoms with Crippen LogP contribution in [0.1, 0.15) is 5.56 Å². The molecule has 0 saturated carbocycles. The molecule has 0 amide bonds. The molecular formula is C12H12BrN3O2S. The zero-order chi connectivity index (χ0) is 14.0. The second-order valence-corrected chi connectivity index (χ2v) is 6.58. The topological polar surface area (TPSA) is 85.1 Å². The molecule has 0 saturated heterocycles. The van der Waals surface area contributed by atoms with Crippen LogP contribution in [-0.4, -0.2) is 13.4 Å². The fourth-order valence-electron chi connectivity index (χ4n) is 1.54. The smallest absolute Gasteiger partial charge is 0.262 e. The van der Waals surface area contributed by atoms with Gasteiger partial charge in [-0.1, -0.05) is 15.9 Å². The molecule has 100 valence electrons. The van der Waals surface area contributed by atoms with Crippen molar-refractivity contribution >= 4 is 37.5 Å². The lowest BCUT2D eigenvalue weighted by molar-refractivity contribution is 0.601. The number of rotatable bonds is 3. The number of nitrogen functional groups attached to an aromatic ring is 1. The maximum Gasteiger partial charge on any atom is 0.262 e. The summed E-state index contributed by atoms with van der Waals surface area (Å²) in [5.41, 5.74) is 6.83. The Hall–Kier alpha value is -1.60. The van der Waals surface area contributed by atoms with E-state index in [9.17, 15) is 8.42 Å². The molecule has 3 N–H and O–H groups in total. The summed E-state index contributed by atoms with van der Waals surface area (Å²) < 4.78 is 27.8. The van der Waals surface area contributed by atoms with E-state index in [2.05, 4.69) is 25.6 Å². The molecule has 0 atom stereocenters. The minimum atomic E-state index is -3.66. The van der Waals surface area contributed by atoms with E-state index in [4.69, 9.17) is 5.73 Å². The lowest BCUT2D eigenvalue weighted by Gasteiger charge is -2.11. The summed E-state index contributed by atoms with van der Waals surface area (Å²) in [7, 11) is -3.66. The Labute approximate surface area is 120 Å². The van der Waals surface area contributed by atoms with Crippen LogP contribution in [0.15, 0.2) is 45.9 Å². The van der Waals surface area contributed by atoms with Gasteiger partial charge in [0.25, 0.3) is 10.0 Å². The maximum absolute atomic E-state index is 12.2. The van der Waals surface area contributed by atoms with Gasteiger partial charge in [0.1, 0.15) is 5.82 Å². The highest BCUT2D eigenvalue weighted by atomic mass is 79.9. The van der Waals surface area contributed by atoms with Gasteiger partial charge >= 0.3 is 0 Å². The first kappa shape index (κ1) is 13.8. The normalized spacial score (nSPS) is 11.3. The predicted molar refractivity (Wildman–Crippen MR) is 78.3 cm³/mol. The number of pyridine rings is 1. The van der Waals surface area contributed by atoms with Crippen molar-refractivity contribution in [3.8, 4) is 0 Å². The second kappa shape index (κ2) is 5.18. The third-order valence-corrected chi connectivity index (χ3v) is 4.35. The number of halogens is 1. The first-order valence-electron chi connectivity index (χ1n) is 5.39. The Morgan fingerprint density at radius 1 is 1.26 bits per heavy atom. The number of anilines is 2. The highest BCUT2D eigenvalue weighted by molar-refractivity contribution is 9.10.